The van der Waals surface area contributed by atoms with Gasteiger partial charge in [0.2, 0.25) is 5.91 Å². The van der Waals surface area contributed by atoms with Crippen LogP contribution in [-0.4, -0.2) is 23.5 Å². The van der Waals surface area contributed by atoms with Crippen LogP contribution >= 0.6 is 34.8 Å². The molecule has 1 amide bonds. The minimum absolute atomic E-state index is 0.0358. The third-order valence-electron chi connectivity index (χ3n) is 2.75. The molecule has 1 N–H and O–H groups in total. The molecule has 18 heavy (non-hydrogen) atoms. The quantitative estimate of drug-likeness (QED) is 0.854. The number of benzene rings is 1. The van der Waals surface area contributed by atoms with Crippen molar-refractivity contribution in [2.75, 3.05) is 11.4 Å². The summed E-state index contributed by atoms with van der Waals surface area (Å²) in [6, 6.07) is 2.90. The number of nitrogens with zero attached hydrogens (tertiary/aromatic N) is 1. The summed E-state index contributed by atoms with van der Waals surface area (Å²) in [7, 11) is 0. The van der Waals surface area contributed by atoms with Crippen molar-refractivity contribution in [2.24, 2.45) is 5.92 Å². The zero-order valence-corrected chi connectivity index (χ0v) is 11.3. The predicted molar refractivity (Wildman–Crippen MR) is 69.6 cm³/mol. The topological polar surface area (TPSA) is 57.6 Å². The van der Waals surface area contributed by atoms with Crippen LogP contribution in [0.5, 0.6) is 0 Å². The first-order valence-electron chi connectivity index (χ1n) is 5.08. The number of hydrogen-bond donors (Lipinski definition) is 1. The van der Waals surface area contributed by atoms with Crippen molar-refractivity contribution >= 4 is 52.4 Å². The van der Waals surface area contributed by atoms with Crippen molar-refractivity contribution in [1.29, 1.82) is 0 Å². The molecule has 1 aliphatic heterocycles. The summed E-state index contributed by atoms with van der Waals surface area (Å²) in [5, 5.41) is 9.72. The number of amides is 1. The van der Waals surface area contributed by atoms with Gasteiger partial charge in [0.05, 0.1) is 26.7 Å². The van der Waals surface area contributed by atoms with Gasteiger partial charge in [-0.05, 0) is 12.1 Å². The molecule has 0 aromatic heterocycles. The number of anilines is 1. The predicted octanol–water partition coefficient (Wildman–Crippen LogP) is 3.08. The van der Waals surface area contributed by atoms with Gasteiger partial charge in [0.1, 0.15) is 0 Å². The van der Waals surface area contributed by atoms with Gasteiger partial charge >= 0.3 is 5.97 Å². The Balaban J connectivity index is 2.35. The number of carboxylic acid groups (broad SMARTS) is 1. The monoisotopic (exact) mass is 307 g/mol. The van der Waals surface area contributed by atoms with E-state index in [1.54, 1.807) is 0 Å². The zero-order valence-electron chi connectivity index (χ0n) is 8.99. The molecule has 96 valence electrons. The molecule has 1 aliphatic rings. The third kappa shape index (κ3) is 2.41. The van der Waals surface area contributed by atoms with E-state index in [9.17, 15) is 9.59 Å². The Hall–Kier alpha value is -0.970. The fraction of sp³-hybridized carbons (Fsp3) is 0.273. The van der Waals surface area contributed by atoms with E-state index in [1.165, 1.54) is 17.0 Å². The lowest BCUT2D eigenvalue weighted by Crippen LogP contribution is -2.26. The van der Waals surface area contributed by atoms with E-state index in [-0.39, 0.29) is 33.9 Å². The normalized spacial score (nSPS) is 19.4. The number of rotatable bonds is 2. The first-order chi connectivity index (χ1) is 8.40. The third-order valence-corrected chi connectivity index (χ3v) is 3.78. The highest BCUT2D eigenvalue weighted by Gasteiger charge is 2.36. The van der Waals surface area contributed by atoms with Crippen molar-refractivity contribution in [3.8, 4) is 0 Å². The summed E-state index contributed by atoms with van der Waals surface area (Å²) < 4.78 is 0. The first kappa shape index (κ1) is 13.5. The van der Waals surface area contributed by atoms with Crippen molar-refractivity contribution in [3.63, 3.8) is 0 Å². The van der Waals surface area contributed by atoms with Gasteiger partial charge in [-0.1, -0.05) is 34.8 Å². The summed E-state index contributed by atoms with van der Waals surface area (Å²) in [4.78, 5) is 24.0. The molecule has 1 unspecified atom stereocenters. The standard InChI is InChI=1S/C11H8Cl3NO3/c12-6-2-8(14)9(3-7(6)13)15-4-5(11(17)18)1-10(15)16/h2-3,5H,1,4H2,(H,17,18). The van der Waals surface area contributed by atoms with Gasteiger partial charge in [0.25, 0.3) is 0 Å². The Morgan fingerprint density at radius 2 is 1.83 bits per heavy atom. The van der Waals surface area contributed by atoms with E-state index in [1.807, 2.05) is 0 Å². The van der Waals surface area contributed by atoms with Crippen LogP contribution < -0.4 is 4.90 Å². The van der Waals surface area contributed by atoms with Crippen LogP contribution in [0.15, 0.2) is 12.1 Å². The fourth-order valence-corrected chi connectivity index (χ4v) is 2.47. The van der Waals surface area contributed by atoms with Gasteiger partial charge in [-0.2, -0.15) is 0 Å². The van der Waals surface area contributed by atoms with Gasteiger partial charge in [-0.3, -0.25) is 9.59 Å². The molecule has 0 aliphatic carbocycles. The summed E-state index contributed by atoms with van der Waals surface area (Å²) in [6.07, 6.45) is -0.0358. The van der Waals surface area contributed by atoms with Crippen LogP contribution in [0, 0.1) is 5.92 Å². The Morgan fingerprint density at radius 1 is 1.22 bits per heavy atom. The van der Waals surface area contributed by atoms with Crippen LogP contribution in [0.25, 0.3) is 0 Å². The molecule has 1 saturated heterocycles. The highest BCUT2D eigenvalue weighted by molar-refractivity contribution is 6.44. The Labute approximate surface area is 118 Å². The van der Waals surface area contributed by atoms with E-state index < -0.39 is 11.9 Å². The minimum Gasteiger partial charge on any atom is -0.481 e. The molecule has 7 heteroatoms. The zero-order chi connectivity index (χ0) is 13.4. The van der Waals surface area contributed by atoms with E-state index in [4.69, 9.17) is 39.9 Å². The van der Waals surface area contributed by atoms with Gasteiger partial charge in [0, 0.05) is 13.0 Å². The molecule has 1 atom stereocenters. The van der Waals surface area contributed by atoms with Crippen LogP contribution in [0.3, 0.4) is 0 Å². The summed E-state index contributed by atoms with van der Waals surface area (Å²) >= 11 is 17.6. The van der Waals surface area contributed by atoms with Crippen LogP contribution in [-0.2, 0) is 9.59 Å². The van der Waals surface area contributed by atoms with Crippen molar-refractivity contribution in [2.45, 2.75) is 6.42 Å². The molecule has 1 fully saturated rings. The fourth-order valence-electron chi connectivity index (χ4n) is 1.82. The summed E-state index contributed by atoms with van der Waals surface area (Å²) in [5.74, 6) is -2.01. The molecule has 1 aromatic rings. The Kier molecular flexibility index (Phi) is 3.71. The maximum Gasteiger partial charge on any atom is 0.308 e. The lowest BCUT2D eigenvalue weighted by molar-refractivity contribution is -0.141. The number of aliphatic carboxylic acids is 1. The largest absolute Gasteiger partial charge is 0.481 e. The number of carbonyl (C=O) groups excluding carboxylic acids is 1. The molecule has 1 aromatic carbocycles. The average Bonchev–Trinajstić information content (AvgIpc) is 2.66. The van der Waals surface area contributed by atoms with E-state index in [0.717, 1.165) is 0 Å². The summed E-state index contributed by atoms with van der Waals surface area (Å²) in [6.45, 7) is 0.0891. The Morgan fingerprint density at radius 3 is 2.39 bits per heavy atom. The molecular weight excluding hydrogens is 300 g/mol. The molecule has 0 bridgehead atoms. The second-order valence-corrected chi connectivity index (χ2v) is 5.18. The maximum atomic E-state index is 11.8. The van der Waals surface area contributed by atoms with Crippen LogP contribution in [0.4, 0.5) is 5.69 Å². The van der Waals surface area contributed by atoms with Crippen LogP contribution in [0.1, 0.15) is 6.42 Å². The molecule has 0 saturated carbocycles. The molecule has 0 spiro atoms. The van der Waals surface area contributed by atoms with Gasteiger partial charge < -0.3 is 10.0 Å². The summed E-state index contributed by atoms with van der Waals surface area (Å²) in [5.41, 5.74) is 0.389. The van der Waals surface area contributed by atoms with E-state index in [2.05, 4.69) is 0 Å². The van der Waals surface area contributed by atoms with Crippen LogP contribution in [0.2, 0.25) is 15.1 Å². The second-order valence-electron chi connectivity index (χ2n) is 3.96. The van der Waals surface area contributed by atoms with Gasteiger partial charge in [-0.15, -0.1) is 0 Å². The van der Waals surface area contributed by atoms with Crippen molar-refractivity contribution in [3.05, 3.63) is 27.2 Å². The lowest BCUT2D eigenvalue weighted by Gasteiger charge is -2.18. The van der Waals surface area contributed by atoms with Gasteiger partial charge in [-0.25, -0.2) is 0 Å². The number of carbonyl (C=O) groups is 2. The highest BCUT2D eigenvalue weighted by atomic mass is 35.5. The van der Waals surface area contributed by atoms with E-state index >= 15 is 0 Å². The molecule has 2 rings (SSSR count). The molecule has 1 heterocycles. The number of halogens is 3. The second kappa shape index (κ2) is 4.96. The SMILES string of the molecule is O=C(O)C1CC(=O)N(c2cc(Cl)c(Cl)cc2Cl)C1. The minimum atomic E-state index is -0.998. The number of carboxylic acids is 1. The Bertz CT molecular complexity index is 533. The molecule has 4 nitrogen and oxygen atoms in total. The maximum absolute atomic E-state index is 11.8. The lowest BCUT2D eigenvalue weighted by atomic mass is 10.1. The van der Waals surface area contributed by atoms with Gasteiger partial charge in [0.15, 0.2) is 0 Å². The van der Waals surface area contributed by atoms with Crippen molar-refractivity contribution < 1.29 is 14.7 Å². The van der Waals surface area contributed by atoms with Crippen molar-refractivity contribution in [1.82, 2.24) is 0 Å². The molecular formula is C11H8Cl3NO3. The molecule has 0 radical (unpaired) electrons. The average molecular weight is 309 g/mol. The smallest absolute Gasteiger partial charge is 0.308 e. The van der Waals surface area contributed by atoms with E-state index in [0.29, 0.717) is 5.69 Å². The first-order valence-corrected chi connectivity index (χ1v) is 6.21. The highest BCUT2D eigenvalue weighted by Crippen LogP contribution is 2.37. The number of hydrogen-bond acceptors (Lipinski definition) is 2.